The summed E-state index contributed by atoms with van der Waals surface area (Å²) >= 11 is 1.39. The van der Waals surface area contributed by atoms with Crippen molar-refractivity contribution in [3.05, 3.63) is 50.8 Å². The average Bonchev–Trinajstić information content (AvgIpc) is 2.85. The molecule has 0 fully saturated rings. The minimum Gasteiger partial charge on any atom is -0.350 e. The molecule has 0 aliphatic rings. The van der Waals surface area contributed by atoms with Crippen molar-refractivity contribution in [1.29, 1.82) is 0 Å². The quantitative estimate of drug-likeness (QED) is 0.896. The van der Waals surface area contributed by atoms with Crippen LogP contribution in [0.15, 0.2) is 34.7 Å². The smallest absolute Gasteiger partial charge is 0.261 e. The number of carbonyl (C=O) groups is 1. The first-order valence-corrected chi connectivity index (χ1v) is 6.39. The van der Waals surface area contributed by atoms with Crippen LogP contribution in [-0.4, -0.2) is 22.0 Å². The highest BCUT2D eigenvalue weighted by atomic mass is 32.1. The summed E-state index contributed by atoms with van der Waals surface area (Å²) in [6, 6.07) is 5.06. The van der Waals surface area contributed by atoms with Crippen LogP contribution >= 0.6 is 11.3 Å². The van der Waals surface area contributed by atoms with Gasteiger partial charge in [-0.25, -0.2) is 4.98 Å². The fourth-order valence-corrected chi connectivity index (χ4v) is 2.11. The molecule has 94 valence electrons. The van der Waals surface area contributed by atoms with E-state index in [1.54, 1.807) is 13.0 Å². The lowest BCUT2D eigenvalue weighted by Crippen LogP contribution is -2.30. The third-order valence-electron chi connectivity index (χ3n) is 2.40. The van der Waals surface area contributed by atoms with Gasteiger partial charge in [-0.1, -0.05) is 6.07 Å². The highest BCUT2D eigenvalue weighted by Gasteiger charge is 2.05. The summed E-state index contributed by atoms with van der Waals surface area (Å²) in [7, 11) is 0. The molecule has 5 nitrogen and oxygen atoms in total. The van der Waals surface area contributed by atoms with Gasteiger partial charge in [-0.3, -0.25) is 14.2 Å². The first-order chi connectivity index (χ1) is 8.66. The Hall–Kier alpha value is -1.95. The lowest BCUT2D eigenvalue weighted by atomic mass is 10.4. The van der Waals surface area contributed by atoms with Gasteiger partial charge in [0, 0.05) is 24.8 Å². The lowest BCUT2D eigenvalue weighted by Gasteiger charge is -2.06. The minimum absolute atomic E-state index is 0.104. The van der Waals surface area contributed by atoms with E-state index in [2.05, 4.69) is 10.3 Å². The highest BCUT2D eigenvalue weighted by molar-refractivity contribution is 7.12. The number of aromatic nitrogens is 2. The Morgan fingerprint density at radius 2 is 2.39 bits per heavy atom. The van der Waals surface area contributed by atoms with Crippen molar-refractivity contribution in [3.8, 4) is 0 Å². The van der Waals surface area contributed by atoms with Crippen LogP contribution in [0.5, 0.6) is 0 Å². The van der Waals surface area contributed by atoms with Crippen molar-refractivity contribution < 1.29 is 4.79 Å². The summed E-state index contributed by atoms with van der Waals surface area (Å²) < 4.78 is 1.47. The topological polar surface area (TPSA) is 64.0 Å². The van der Waals surface area contributed by atoms with Gasteiger partial charge >= 0.3 is 0 Å². The zero-order valence-corrected chi connectivity index (χ0v) is 10.7. The molecule has 0 saturated heterocycles. The van der Waals surface area contributed by atoms with Gasteiger partial charge in [0.2, 0.25) is 0 Å². The normalized spacial score (nSPS) is 10.3. The molecule has 18 heavy (non-hydrogen) atoms. The lowest BCUT2D eigenvalue weighted by molar-refractivity contribution is 0.0956. The molecule has 0 bridgehead atoms. The maximum absolute atomic E-state index is 11.6. The van der Waals surface area contributed by atoms with Gasteiger partial charge in [0.15, 0.2) is 0 Å². The molecule has 2 rings (SSSR count). The van der Waals surface area contributed by atoms with E-state index in [4.69, 9.17) is 0 Å². The second kappa shape index (κ2) is 5.59. The zero-order valence-electron chi connectivity index (χ0n) is 9.92. The molecule has 6 heteroatoms. The third-order valence-corrected chi connectivity index (χ3v) is 3.27. The van der Waals surface area contributed by atoms with Crippen LogP contribution in [0.25, 0.3) is 0 Å². The summed E-state index contributed by atoms with van der Waals surface area (Å²) in [5, 5.41) is 4.61. The van der Waals surface area contributed by atoms with Gasteiger partial charge in [-0.2, -0.15) is 0 Å². The predicted octanol–water partition coefficient (Wildman–Crippen LogP) is 1.04. The van der Waals surface area contributed by atoms with E-state index in [9.17, 15) is 9.59 Å². The molecule has 0 radical (unpaired) electrons. The SMILES string of the molecule is Cc1cc(=O)n(CCNC(=O)c2cccs2)cn1. The van der Waals surface area contributed by atoms with E-state index in [0.29, 0.717) is 23.7 Å². The summed E-state index contributed by atoms with van der Waals surface area (Å²) in [6.07, 6.45) is 1.50. The van der Waals surface area contributed by atoms with E-state index < -0.39 is 0 Å². The number of hydrogen-bond donors (Lipinski definition) is 1. The number of carbonyl (C=O) groups excluding carboxylic acids is 1. The number of nitrogens with one attached hydrogen (secondary N) is 1. The number of nitrogens with zero attached hydrogens (tertiary/aromatic N) is 2. The molecule has 1 N–H and O–H groups in total. The Balaban J connectivity index is 1.89. The van der Waals surface area contributed by atoms with Gasteiger partial charge in [0.25, 0.3) is 11.5 Å². The van der Waals surface area contributed by atoms with Crippen molar-refractivity contribution in [3.63, 3.8) is 0 Å². The molecule has 2 aromatic heterocycles. The molecule has 2 aromatic rings. The van der Waals surface area contributed by atoms with Crippen LogP contribution in [0, 0.1) is 6.92 Å². The van der Waals surface area contributed by atoms with Crippen LogP contribution in [0.1, 0.15) is 15.4 Å². The summed E-state index contributed by atoms with van der Waals surface area (Å²) in [6.45, 7) is 2.59. The maximum atomic E-state index is 11.6. The second-order valence-electron chi connectivity index (χ2n) is 3.80. The molecule has 0 saturated carbocycles. The fraction of sp³-hybridized carbons (Fsp3) is 0.250. The number of amides is 1. The van der Waals surface area contributed by atoms with Crippen molar-refractivity contribution in [2.75, 3.05) is 6.54 Å². The predicted molar refractivity (Wildman–Crippen MR) is 69.9 cm³/mol. The highest BCUT2D eigenvalue weighted by Crippen LogP contribution is 2.07. The van der Waals surface area contributed by atoms with Gasteiger partial charge in [0.1, 0.15) is 0 Å². The Morgan fingerprint density at radius 1 is 1.56 bits per heavy atom. The standard InChI is InChI=1S/C12H13N3O2S/c1-9-7-11(16)15(8-14-9)5-4-13-12(17)10-3-2-6-18-10/h2-3,6-8H,4-5H2,1H3,(H,13,17). The number of rotatable bonds is 4. The number of hydrogen-bond acceptors (Lipinski definition) is 4. The monoisotopic (exact) mass is 263 g/mol. The molecule has 0 unspecified atom stereocenters. The van der Waals surface area contributed by atoms with E-state index in [1.165, 1.54) is 28.3 Å². The molecule has 2 heterocycles. The maximum Gasteiger partial charge on any atom is 0.261 e. The number of aryl methyl sites for hydroxylation is 1. The molecule has 0 atom stereocenters. The van der Waals surface area contributed by atoms with Crippen molar-refractivity contribution >= 4 is 17.2 Å². The van der Waals surface area contributed by atoms with Crippen molar-refractivity contribution in [2.24, 2.45) is 0 Å². The summed E-state index contributed by atoms with van der Waals surface area (Å²) in [4.78, 5) is 27.9. The molecule has 0 spiro atoms. The Morgan fingerprint density at radius 3 is 3.06 bits per heavy atom. The van der Waals surface area contributed by atoms with Crippen LogP contribution in [0.2, 0.25) is 0 Å². The second-order valence-corrected chi connectivity index (χ2v) is 4.74. The van der Waals surface area contributed by atoms with Gasteiger partial charge in [0.05, 0.1) is 11.2 Å². The Labute approximate surface area is 108 Å². The fourth-order valence-electron chi connectivity index (χ4n) is 1.47. The molecule has 1 amide bonds. The van der Waals surface area contributed by atoms with Crippen LogP contribution in [0.4, 0.5) is 0 Å². The van der Waals surface area contributed by atoms with E-state index in [-0.39, 0.29) is 11.5 Å². The Kier molecular flexibility index (Phi) is 3.88. The van der Waals surface area contributed by atoms with Crippen LogP contribution in [0.3, 0.4) is 0 Å². The third kappa shape index (κ3) is 3.04. The zero-order chi connectivity index (χ0) is 13.0. The van der Waals surface area contributed by atoms with E-state index >= 15 is 0 Å². The summed E-state index contributed by atoms with van der Waals surface area (Å²) in [5.41, 5.74) is 0.590. The summed E-state index contributed by atoms with van der Waals surface area (Å²) in [5.74, 6) is -0.113. The Bertz CT molecular complexity index is 590. The molecule has 0 aliphatic carbocycles. The van der Waals surface area contributed by atoms with Gasteiger partial charge < -0.3 is 5.32 Å². The largest absolute Gasteiger partial charge is 0.350 e. The van der Waals surface area contributed by atoms with Gasteiger partial charge in [-0.05, 0) is 18.4 Å². The molecule has 0 aromatic carbocycles. The van der Waals surface area contributed by atoms with E-state index in [0.717, 1.165) is 0 Å². The number of thiophene rings is 1. The van der Waals surface area contributed by atoms with Crippen molar-refractivity contribution in [1.82, 2.24) is 14.9 Å². The molecular formula is C12H13N3O2S. The van der Waals surface area contributed by atoms with Crippen LogP contribution in [-0.2, 0) is 6.54 Å². The minimum atomic E-state index is -0.113. The molecular weight excluding hydrogens is 250 g/mol. The van der Waals surface area contributed by atoms with Crippen LogP contribution < -0.4 is 10.9 Å². The first kappa shape index (κ1) is 12.5. The van der Waals surface area contributed by atoms with E-state index in [1.807, 2.05) is 11.4 Å². The van der Waals surface area contributed by atoms with Gasteiger partial charge in [-0.15, -0.1) is 11.3 Å². The van der Waals surface area contributed by atoms with Crippen molar-refractivity contribution in [2.45, 2.75) is 13.5 Å². The average molecular weight is 263 g/mol. The first-order valence-electron chi connectivity index (χ1n) is 5.51. The molecule has 0 aliphatic heterocycles.